The van der Waals surface area contributed by atoms with Crippen LogP contribution in [0.5, 0.6) is 0 Å². The molecule has 4 aliphatic carbocycles. The highest BCUT2D eigenvalue weighted by Crippen LogP contribution is 2.67. The van der Waals surface area contributed by atoms with Crippen molar-refractivity contribution < 1.29 is 9.84 Å². The van der Waals surface area contributed by atoms with E-state index >= 15 is 0 Å². The van der Waals surface area contributed by atoms with Crippen molar-refractivity contribution in [1.82, 2.24) is 0 Å². The second-order valence-electron chi connectivity index (χ2n) is 13.5. The first kappa shape index (κ1) is 23.8. The maximum atomic E-state index is 10.8. The van der Waals surface area contributed by atoms with Crippen LogP contribution in [0.15, 0.2) is 12.7 Å². The molecule has 4 saturated carbocycles. The largest absolute Gasteiger partial charge is 0.393 e. The van der Waals surface area contributed by atoms with Gasteiger partial charge in [0.1, 0.15) is 0 Å². The van der Waals surface area contributed by atoms with E-state index in [0.29, 0.717) is 34.2 Å². The Morgan fingerprint density at radius 3 is 2.32 bits per heavy atom. The SMILES string of the molecule is C=CCC1C(O)CC[C@@]2(C)C1CC[C@@H]1[C@H]2CC[C@]2(C)C(OCCCC(C)(C)C)CC[C@@H]12. The van der Waals surface area contributed by atoms with E-state index in [-0.39, 0.29) is 6.10 Å². The van der Waals surface area contributed by atoms with Crippen molar-refractivity contribution in [3.8, 4) is 0 Å². The van der Waals surface area contributed by atoms with Crippen molar-refractivity contribution in [2.75, 3.05) is 6.61 Å². The first-order valence-corrected chi connectivity index (χ1v) is 13.5. The third-order valence-electron chi connectivity index (χ3n) is 10.7. The van der Waals surface area contributed by atoms with Gasteiger partial charge in [-0.1, -0.05) is 40.7 Å². The van der Waals surface area contributed by atoms with Gasteiger partial charge < -0.3 is 9.84 Å². The van der Waals surface area contributed by atoms with Crippen LogP contribution in [0, 0.1) is 45.8 Å². The molecule has 4 fully saturated rings. The number of rotatable bonds is 6. The van der Waals surface area contributed by atoms with Gasteiger partial charge in [0, 0.05) is 6.61 Å². The highest BCUT2D eigenvalue weighted by atomic mass is 16.5. The summed E-state index contributed by atoms with van der Waals surface area (Å²) in [6, 6.07) is 0. The molecule has 0 aromatic carbocycles. The lowest BCUT2D eigenvalue weighted by Crippen LogP contribution is -2.57. The Balaban J connectivity index is 1.44. The maximum Gasteiger partial charge on any atom is 0.0631 e. The molecule has 0 radical (unpaired) electrons. The molecule has 0 aliphatic heterocycles. The van der Waals surface area contributed by atoms with Crippen molar-refractivity contribution in [2.24, 2.45) is 45.8 Å². The van der Waals surface area contributed by atoms with E-state index in [1.54, 1.807) is 0 Å². The third kappa shape index (κ3) is 4.30. The summed E-state index contributed by atoms with van der Waals surface area (Å²) in [7, 11) is 0. The van der Waals surface area contributed by atoms with Crippen LogP contribution in [0.1, 0.15) is 105 Å². The Morgan fingerprint density at radius 2 is 1.61 bits per heavy atom. The van der Waals surface area contributed by atoms with Gasteiger partial charge in [-0.3, -0.25) is 0 Å². The van der Waals surface area contributed by atoms with Gasteiger partial charge in [-0.25, -0.2) is 0 Å². The molecule has 0 spiro atoms. The molecule has 4 unspecified atom stereocenters. The fourth-order valence-corrected chi connectivity index (χ4v) is 9.07. The molecular weight excluding hydrogens is 380 g/mol. The zero-order valence-electron chi connectivity index (χ0n) is 21.2. The van der Waals surface area contributed by atoms with Crippen molar-refractivity contribution in [3.63, 3.8) is 0 Å². The van der Waals surface area contributed by atoms with Crippen LogP contribution in [0.2, 0.25) is 0 Å². The lowest BCUT2D eigenvalue weighted by atomic mass is 9.43. The quantitative estimate of drug-likeness (QED) is 0.351. The Morgan fingerprint density at radius 1 is 0.935 bits per heavy atom. The van der Waals surface area contributed by atoms with Gasteiger partial charge in [0.05, 0.1) is 12.2 Å². The Hall–Kier alpha value is -0.340. The second-order valence-corrected chi connectivity index (χ2v) is 13.5. The molecule has 0 heterocycles. The Labute approximate surface area is 192 Å². The van der Waals surface area contributed by atoms with Crippen LogP contribution in [0.4, 0.5) is 0 Å². The number of aliphatic hydroxyl groups is 1. The molecule has 2 heteroatoms. The highest BCUT2D eigenvalue weighted by molar-refractivity contribution is 5.11. The number of fused-ring (bicyclic) bond motifs is 5. The minimum Gasteiger partial charge on any atom is -0.393 e. The summed E-state index contributed by atoms with van der Waals surface area (Å²) in [6.45, 7) is 17.1. The lowest BCUT2D eigenvalue weighted by molar-refractivity contribution is -0.159. The molecule has 2 nitrogen and oxygen atoms in total. The van der Waals surface area contributed by atoms with Crippen LogP contribution in [-0.4, -0.2) is 23.9 Å². The van der Waals surface area contributed by atoms with Gasteiger partial charge in [0.25, 0.3) is 0 Å². The smallest absolute Gasteiger partial charge is 0.0631 e. The van der Waals surface area contributed by atoms with Gasteiger partial charge in [0.15, 0.2) is 0 Å². The molecule has 0 aromatic rings. The summed E-state index contributed by atoms with van der Waals surface area (Å²) in [5, 5.41) is 10.8. The van der Waals surface area contributed by atoms with E-state index in [4.69, 9.17) is 4.74 Å². The summed E-state index contributed by atoms with van der Waals surface area (Å²) < 4.78 is 6.60. The molecular formula is C29H50O2. The minimum absolute atomic E-state index is 0.112. The fraction of sp³-hybridized carbons (Fsp3) is 0.931. The predicted molar refractivity (Wildman–Crippen MR) is 130 cm³/mol. The molecule has 4 rings (SSSR count). The summed E-state index contributed by atoms with van der Waals surface area (Å²) in [4.78, 5) is 0. The van der Waals surface area contributed by atoms with E-state index < -0.39 is 0 Å². The Bertz CT molecular complexity index is 635. The minimum atomic E-state index is -0.112. The van der Waals surface area contributed by atoms with Crippen LogP contribution in [0.25, 0.3) is 0 Å². The summed E-state index contributed by atoms with van der Waals surface area (Å²) >= 11 is 0. The molecule has 4 aliphatic rings. The van der Waals surface area contributed by atoms with Gasteiger partial charge in [-0.2, -0.15) is 0 Å². The van der Waals surface area contributed by atoms with Gasteiger partial charge in [0.2, 0.25) is 0 Å². The maximum absolute atomic E-state index is 10.8. The van der Waals surface area contributed by atoms with Crippen molar-refractivity contribution in [2.45, 2.75) is 117 Å². The molecule has 31 heavy (non-hydrogen) atoms. The average molecular weight is 431 g/mol. The van der Waals surface area contributed by atoms with Crippen molar-refractivity contribution in [1.29, 1.82) is 0 Å². The monoisotopic (exact) mass is 430 g/mol. The lowest BCUT2D eigenvalue weighted by Gasteiger charge is -2.62. The average Bonchev–Trinajstić information content (AvgIpc) is 3.03. The highest BCUT2D eigenvalue weighted by Gasteiger charge is 2.61. The molecule has 0 saturated heterocycles. The number of allylic oxidation sites excluding steroid dienone is 1. The van der Waals surface area contributed by atoms with E-state index in [9.17, 15) is 5.11 Å². The molecule has 9 atom stereocenters. The number of hydrogen-bond acceptors (Lipinski definition) is 2. The van der Waals surface area contributed by atoms with Crippen molar-refractivity contribution in [3.05, 3.63) is 12.7 Å². The zero-order chi connectivity index (χ0) is 22.4. The predicted octanol–water partition coefficient (Wildman–Crippen LogP) is 7.40. The zero-order valence-corrected chi connectivity index (χ0v) is 21.2. The van der Waals surface area contributed by atoms with Crippen molar-refractivity contribution >= 4 is 0 Å². The van der Waals surface area contributed by atoms with Crippen LogP contribution < -0.4 is 0 Å². The summed E-state index contributed by atoms with van der Waals surface area (Å²) in [5.41, 5.74) is 1.22. The summed E-state index contributed by atoms with van der Waals surface area (Å²) in [6.07, 6.45) is 16.2. The topological polar surface area (TPSA) is 29.5 Å². The second kappa shape index (κ2) is 8.79. The molecule has 0 bridgehead atoms. The van der Waals surface area contributed by atoms with E-state index in [1.165, 1.54) is 57.8 Å². The van der Waals surface area contributed by atoms with Gasteiger partial charge in [-0.05, 0) is 116 Å². The molecule has 0 aromatic heterocycles. The standard InChI is InChI=1S/C29H50O2/c1-7-9-21-23-11-10-20-22-12-13-26(31-19-8-16-27(2,3)4)29(22,6)17-14-24(20)28(23,5)18-15-25(21)30/h7,20-26,30H,1,8-19H2,2-6H3/t20-,21?,22-,23?,24+,25?,26?,28-,29-/m0/s1. The summed E-state index contributed by atoms with van der Waals surface area (Å²) in [5.74, 6) is 3.70. The molecule has 0 amide bonds. The number of hydrogen-bond donors (Lipinski definition) is 1. The number of aliphatic hydroxyl groups excluding tert-OH is 1. The molecule has 1 N–H and O–H groups in total. The first-order chi connectivity index (χ1) is 14.6. The van der Waals surface area contributed by atoms with Crippen LogP contribution >= 0.6 is 0 Å². The fourth-order valence-electron chi connectivity index (χ4n) is 9.07. The van der Waals surface area contributed by atoms with Crippen LogP contribution in [0.3, 0.4) is 0 Å². The van der Waals surface area contributed by atoms with Crippen LogP contribution in [-0.2, 0) is 4.74 Å². The first-order valence-electron chi connectivity index (χ1n) is 13.5. The third-order valence-corrected chi connectivity index (χ3v) is 10.7. The normalized spacial score (nSPS) is 47.4. The number of ether oxygens (including phenoxy) is 1. The Kier molecular flexibility index (Phi) is 6.75. The van der Waals surface area contributed by atoms with E-state index in [1.807, 2.05) is 0 Å². The molecule has 178 valence electrons. The van der Waals surface area contributed by atoms with Gasteiger partial charge in [-0.15, -0.1) is 6.58 Å². The van der Waals surface area contributed by atoms with Gasteiger partial charge >= 0.3 is 0 Å². The van der Waals surface area contributed by atoms with E-state index in [0.717, 1.165) is 37.2 Å². The van der Waals surface area contributed by atoms with E-state index in [2.05, 4.69) is 47.3 Å².